The number of ether oxygens (including phenoxy) is 1. The lowest BCUT2D eigenvalue weighted by atomic mass is 10.1. The molecule has 0 radical (unpaired) electrons. The van der Waals surface area contributed by atoms with Gasteiger partial charge in [-0.05, 0) is 54.0 Å². The lowest BCUT2D eigenvalue weighted by molar-refractivity contribution is -0.116. The quantitative estimate of drug-likeness (QED) is 0.513. The van der Waals surface area contributed by atoms with E-state index >= 15 is 0 Å². The molecule has 134 valence electrons. The van der Waals surface area contributed by atoms with Crippen molar-refractivity contribution in [3.8, 4) is 17.2 Å². The molecule has 0 aliphatic rings. The van der Waals surface area contributed by atoms with Crippen LogP contribution in [0.15, 0.2) is 48.7 Å². The molecular weight excluding hydrogens is 332 g/mol. The van der Waals surface area contributed by atoms with E-state index < -0.39 is 0 Å². The normalized spacial score (nSPS) is 11.1. The number of fused-ring (bicyclic) bond motifs is 1. The molecule has 0 aliphatic carbocycles. The van der Waals surface area contributed by atoms with Gasteiger partial charge in [-0.15, -0.1) is 0 Å². The van der Waals surface area contributed by atoms with Gasteiger partial charge in [0.2, 0.25) is 5.91 Å². The fourth-order valence-corrected chi connectivity index (χ4v) is 2.72. The van der Waals surface area contributed by atoms with Gasteiger partial charge in [-0.3, -0.25) is 4.79 Å². The summed E-state index contributed by atoms with van der Waals surface area (Å²) >= 11 is 0. The van der Waals surface area contributed by atoms with Gasteiger partial charge in [-0.25, -0.2) is 0 Å². The highest BCUT2D eigenvalue weighted by Crippen LogP contribution is 2.26. The fraction of sp³-hybridized carbons (Fsp3) is 0.150. The first-order valence-corrected chi connectivity index (χ1v) is 8.18. The van der Waals surface area contributed by atoms with Gasteiger partial charge in [0.1, 0.15) is 5.75 Å². The van der Waals surface area contributed by atoms with E-state index in [9.17, 15) is 15.0 Å². The predicted molar refractivity (Wildman–Crippen MR) is 100 cm³/mol. The summed E-state index contributed by atoms with van der Waals surface area (Å²) in [6, 6.07) is 10.0. The monoisotopic (exact) mass is 352 g/mol. The Labute approximate surface area is 150 Å². The Kier molecular flexibility index (Phi) is 5.12. The van der Waals surface area contributed by atoms with Crippen molar-refractivity contribution in [1.82, 2.24) is 10.3 Å². The number of amides is 1. The second-order valence-electron chi connectivity index (χ2n) is 5.85. The summed E-state index contributed by atoms with van der Waals surface area (Å²) in [5, 5.41) is 22.9. The highest BCUT2D eigenvalue weighted by atomic mass is 16.5. The van der Waals surface area contributed by atoms with Crippen LogP contribution in [0.25, 0.3) is 17.0 Å². The average molecular weight is 352 g/mol. The largest absolute Gasteiger partial charge is 0.508 e. The maximum atomic E-state index is 12.0. The van der Waals surface area contributed by atoms with Gasteiger partial charge < -0.3 is 25.3 Å². The average Bonchev–Trinajstić information content (AvgIpc) is 3.03. The van der Waals surface area contributed by atoms with Crippen LogP contribution in [0.2, 0.25) is 0 Å². The van der Waals surface area contributed by atoms with Gasteiger partial charge >= 0.3 is 0 Å². The van der Waals surface area contributed by atoms with Gasteiger partial charge in [0.05, 0.1) is 7.11 Å². The zero-order chi connectivity index (χ0) is 18.5. The summed E-state index contributed by atoms with van der Waals surface area (Å²) in [5.74, 6) is 0.420. The van der Waals surface area contributed by atoms with Crippen molar-refractivity contribution in [3.63, 3.8) is 0 Å². The molecule has 0 spiro atoms. The second-order valence-corrected chi connectivity index (χ2v) is 5.85. The number of hydrogen-bond donors (Lipinski definition) is 4. The number of aromatic hydroxyl groups is 2. The SMILES string of the molecule is COc1cc(/C=C/C(=O)NCCc2c[nH]c3ccc(O)cc23)ccc1O. The molecule has 0 aliphatic heterocycles. The molecule has 0 saturated heterocycles. The maximum absolute atomic E-state index is 12.0. The summed E-state index contributed by atoms with van der Waals surface area (Å²) in [6.45, 7) is 0.477. The number of methoxy groups -OCH3 is 1. The third-order valence-corrected chi connectivity index (χ3v) is 4.08. The van der Waals surface area contributed by atoms with Gasteiger partial charge in [0, 0.05) is 29.7 Å². The van der Waals surface area contributed by atoms with Crippen molar-refractivity contribution in [2.45, 2.75) is 6.42 Å². The van der Waals surface area contributed by atoms with E-state index in [-0.39, 0.29) is 17.4 Å². The smallest absolute Gasteiger partial charge is 0.244 e. The van der Waals surface area contributed by atoms with Crippen LogP contribution >= 0.6 is 0 Å². The van der Waals surface area contributed by atoms with E-state index in [1.54, 1.807) is 30.3 Å². The van der Waals surface area contributed by atoms with Crippen LogP contribution in [-0.4, -0.2) is 34.8 Å². The summed E-state index contributed by atoms with van der Waals surface area (Å²) in [4.78, 5) is 15.1. The molecule has 2 aromatic carbocycles. The summed E-state index contributed by atoms with van der Waals surface area (Å²) < 4.78 is 5.04. The van der Waals surface area contributed by atoms with Crippen molar-refractivity contribution in [2.75, 3.05) is 13.7 Å². The van der Waals surface area contributed by atoms with Crippen LogP contribution in [0.1, 0.15) is 11.1 Å². The third-order valence-electron chi connectivity index (χ3n) is 4.08. The molecule has 0 fully saturated rings. The standard InChI is InChI=1S/C20H20N2O4/c1-26-19-10-13(2-6-18(19)24)3-7-20(25)21-9-8-14-12-22-17-5-4-15(23)11-16(14)17/h2-7,10-12,22-24H,8-9H2,1H3,(H,21,25)/b7-3+. The molecule has 4 N–H and O–H groups in total. The Morgan fingerprint density at radius 3 is 2.88 bits per heavy atom. The Balaban J connectivity index is 1.56. The number of nitrogens with one attached hydrogen (secondary N) is 2. The molecule has 1 amide bonds. The number of rotatable bonds is 6. The Hall–Kier alpha value is -3.41. The zero-order valence-electron chi connectivity index (χ0n) is 14.3. The Bertz CT molecular complexity index is 960. The lowest BCUT2D eigenvalue weighted by Crippen LogP contribution is -2.23. The zero-order valence-corrected chi connectivity index (χ0v) is 14.3. The molecule has 6 nitrogen and oxygen atoms in total. The molecule has 0 atom stereocenters. The molecule has 1 aromatic heterocycles. The van der Waals surface area contributed by atoms with Crippen molar-refractivity contribution in [2.24, 2.45) is 0 Å². The van der Waals surface area contributed by atoms with Gasteiger partial charge in [-0.2, -0.15) is 0 Å². The molecule has 0 bridgehead atoms. The predicted octanol–water partition coefficient (Wildman–Crippen LogP) is 2.96. The van der Waals surface area contributed by atoms with E-state index in [4.69, 9.17) is 4.74 Å². The van der Waals surface area contributed by atoms with E-state index in [1.165, 1.54) is 19.3 Å². The number of carbonyl (C=O) groups is 1. The van der Waals surface area contributed by atoms with Crippen molar-refractivity contribution < 1.29 is 19.7 Å². The number of phenols is 2. The van der Waals surface area contributed by atoms with Crippen LogP contribution in [0.5, 0.6) is 17.2 Å². The van der Waals surface area contributed by atoms with Crippen molar-refractivity contribution in [3.05, 3.63) is 59.8 Å². The molecule has 6 heteroatoms. The minimum absolute atomic E-state index is 0.0545. The van der Waals surface area contributed by atoms with Gasteiger partial charge in [0.15, 0.2) is 11.5 Å². The minimum Gasteiger partial charge on any atom is -0.508 e. The molecule has 26 heavy (non-hydrogen) atoms. The molecule has 3 rings (SSSR count). The molecular formula is C20H20N2O4. The van der Waals surface area contributed by atoms with Crippen molar-refractivity contribution in [1.29, 1.82) is 0 Å². The maximum Gasteiger partial charge on any atom is 0.244 e. The number of hydrogen-bond acceptors (Lipinski definition) is 4. The summed E-state index contributed by atoms with van der Waals surface area (Å²) in [5.41, 5.74) is 2.73. The molecule has 3 aromatic rings. The Morgan fingerprint density at radius 2 is 2.08 bits per heavy atom. The number of H-pyrrole nitrogens is 1. The highest BCUT2D eigenvalue weighted by molar-refractivity contribution is 5.92. The van der Waals surface area contributed by atoms with Crippen molar-refractivity contribution >= 4 is 22.9 Å². The van der Waals surface area contributed by atoms with Crippen LogP contribution in [-0.2, 0) is 11.2 Å². The highest BCUT2D eigenvalue weighted by Gasteiger charge is 2.05. The Morgan fingerprint density at radius 1 is 1.23 bits per heavy atom. The third kappa shape index (κ3) is 3.97. The summed E-state index contributed by atoms with van der Waals surface area (Å²) in [6.07, 6.45) is 5.62. The molecule has 0 saturated carbocycles. The summed E-state index contributed by atoms with van der Waals surface area (Å²) in [7, 11) is 1.47. The van der Waals surface area contributed by atoms with Crippen LogP contribution < -0.4 is 10.1 Å². The van der Waals surface area contributed by atoms with E-state index in [0.29, 0.717) is 18.7 Å². The van der Waals surface area contributed by atoms with E-state index in [2.05, 4.69) is 10.3 Å². The molecule has 0 unspecified atom stereocenters. The van der Waals surface area contributed by atoms with Gasteiger partial charge in [0.25, 0.3) is 0 Å². The van der Waals surface area contributed by atoms with Crippen LogP contribution in [0.3, 0.4) is 0 Å². The fourth-order valence-electron chi connectivity index (χ4n) is 2.72. The number of benzene rings is 2. The number of phenolic OH excluding ortho intramolecular Hbond substituents is 2. The minimum atomic E-state index is -0.209. The first-order valence-electron chi connectivity index (χ1n) is 8.18. The lowest BCUT2D eigenvalue weighted by Gasteiger charge is -2.04. The number of aromatic amines is 1. The van der Waals surface area contributed by atoms with Gasteiger partial charge in [-0.1, -0.05) is 6.07 Å². The first kappa shape index (κ1) is 17.4. The van der Waals surface area contributed by atoms with Crippen LogP contribution in [0.4, 0.5) is 0 Å². The topological polar surface area (TPSA) is 94.6 Å². The second kappa shape index (κ2) is 7.65. The van der Waals surface area contributed by atoms with E-state index in [1.807, 2.05) is 12.3 Å². The first-order chi connectivity index (χ1) is 12.6. The van der Waals surface area contributed by atoms with Crippen LogP contribution in [0, 0.1) is 0 Å². The van der Waals surface area contributed by atoms with E-state index in [0.717, 1.165) is 22.0 Å². The number of aromatic nitrogens is 1. The number of carbonyl (C=O) groups excluding carboxylic acids is 1. The molecule has 1 heterocycles.